The summed E-state index contributed by atoms with van der Waals surface area (Å²) in [7, 11) is 2.14. The van der Waals surface area contributed by atoms with Gasteiger partial charge in [0.05, 0.1) is 17.6 Å². The van der Waals surface area contributed by atoms with E-state index in [-0.39, 0.29) is 5.54 Å². The number of hydrogen-bond acceptors (Lipinski definition) is 3. The van der Waals surface area contributed by atoms with E-state index in [4.69, 9.17) is 0 Å². The Bertz CT molecular complexity index is 370. The molecule has 0 spiro atoms. The standard InChI is InChI=1S/C16H29N3/c1-7-11-17-13(3)15-10-9-14(12-18-15)19(6)16(4,5)8-2/h9-10,12-13,17H,7-8,11H2,1-6H3. The van der Waals surface area contributed by atoms with E-state index in [1.54, 1.807) is 0 Å². The third kappa shape index (κ3) is 4.20. The second-order valence-corrected chi connectivity index (χ2v) is 5.84. The van der Waals surface area contributed by atoms with Crippen LogP contribution in [0.15, 0.2) is 18.3 Å². The molecule has 0 bridgehead atoms. The number of rotatable bonds is 7. The van der Waals surface area contributed by atoms with E-state index in [2.05, 4.69) is 69.0 Å². The molecule has 1 N–H and O–H groups in total. The van der Waals surface area contributed by atoms with Crippen molar-refractivity contribution in [2.75, 3.05) is 18.5 Å². The average Bonchev–Trinajstić information content (AvgIpc) is 2.44. The van der Waals surface area contributed by atoms with Crippen LogP contribution in [0.25, 0.3) is 0 Å². The summed E-state index contributed by atoms with van der Waals surface area (Å²) in [4.78, 5) is 6.90. The van der Waals surface area contributed by atoms with Crippen LogP contribution in [-0.4, -0.2) is 24.1 Å². The number of nitrogens with one attached hydrogen (secondary N) is 1. The van der Waals surface area contributed by atoms with Gasteiger partial charge in [-0.2, -0.15) is 0 Å². The van der Waals surface area contributed by atoms with Gasteiger partial charge in [-0.15, -0.1) is 0 Å². The van der Waals surface area contributed by atoms with Crippen LogP contribution >= 0.6 is 0 Å². The van der Waals surface area contributed by atoms with Crippen LogP contribution in [0.4, 0.5) is 5.69 Å². The maximum Gasteiger partial charge on any atom is 0.0572 e. The molecule has 0 aromatic carbocycles. The molecule has 0 saturated heterocycles. The summed E-state index contributed by atoms with van der Waals surface area (Å²) in [5.41, 5.74) is 2.45. The van der Waals surface area contributed by atoms with Crippen molar-refractivity contribution in [2.45, 2.75) is 59.0 Å². The summed E-state index contributed by atoms with van der Waals surface area (Å²) in [5, 5.41) is 3.46. The molecular formula is C16H29N3. The molecule has 0 aliphatic carbocycles. The van der Waals surface area contributed by atoms with Gasteiger partial charge in [-0.3, -0.25) is 4.98 Å². The third-order valence-electron chi connectivity index (χ3n) is 4.08. The van der Waals surface area contributed by atoms with E-state index in [9.17, 15) is 0 Å². The first kappa shape index (κ1) is 16.0. The normalized spacial score (nSPS) is 13.4. The Morgan fingerprint density at radius 3 is 2.47 bits per heavy atom. The van der Waals surface area contributed by atoms with Crippen LogP contribution in [0.3, 0.4) is 0 Å². The second-order valence-electron chi connectivity index (χ2n) is 5.84. The van der Waals surface area contributed by atoms with Gasteiger partial charge < -0.3 is 10.2 Å². The van der Waals surface area contributed by atoms with Crippen molar-refractivity contribution in [3.8, 4) is 0 Å². The molecule has 1 unspecified atom stereocenters. The first-order valence-electron chi connectivity index (χ1n) is 7.35. The molecule has 0 saturated carbocycles. The van der Waals surface area contributed by atoms with Gasteiger partial charge in [0.25, 0.3) is 0 Å². The van der Waals surface area contributed by atoms with Gasteiger partial charge in [-0.25, -0.2) is 0 Å². The molecule has 3 heteroatoms. The molecule has 108 valence electrons. The molecule has 3 nitrogen and oxygen atoms in total. The monoisotopic (exact) mass is 263 g/mol. The second kappa shape index (κ2) is 6.90. The van der Waals surface area contributed by atoms with Crippen molar-refractivity contribution in [1.82, 2.24) is 10.3 Å². The van der Waals surface area contributed by atoms with Crippen molar-refractivity contribution >= 4 is 5.69 Å². The van der Waals surface area contributed by atoms with Gasteiger partial charge in [0.1, 0.15) is 0 Å². The summed E-state index contributed by atoms with van der Waals surface area (Å²) in [6.07, 6.45) is 4.24. The highest BCUT2D eigenvalue weighted by molar-refractivity contribution is 5.46. The molecular weight excluding hydrogens is 234 g/mol. The van der Waals surface area contributed by atoms with Crippen molar-refractivity contribution < 1.29 is 0 Å². The fourth-order valence-electron chi connectivity index (χ4n) is 1.90. The van der Waals surface area contributed by atoms with Crippen LogP contribution in [0.5, 0.6) is 0 Å². The molecule has 1 aromatic rings. The Hall–Kier alpha value is -1.09. The molecule has 1 heterocycles. The van der Waals surface area contributed by atoms with Gasteiger partial charge in [-0.05, 0) is 52.3 Å². The van der Waals surface area contributed by atoms with Crippen LogP contribution in [0, 0.1) is 0 Å². The van der Waals surface area contributed by atoms with E-state index in [0.29, 0.717) is 6.04 Å². The fourth-order valence-corrected chi connectivity index (χ4v) is 1.90. The lowest BCUT2D eigenvalue weighted by Gasteiger charge is -2.36. The highest BCUT2D eigenvalue weighted by Crippen LogP contribution is 2.24. The third-order valence-corrected chi connectivity index (χ3v) is 4.08. The minimum absolute atomic E-state index is 0.162. The van der Waals surface area contributed by atoms with Gasteiger partial charge in [0.15, 0.2) is 0 Å². The SMILES string of the molecule is CCCNC(C)c1ccc(N(C)C(C)(C)CC)cn1. The van der Waals surface area contributed by atoms with Crippen molar-refractivity contribution in [1.29, 1.82) is 0 Å². The predicted octanol–water partition coefficient (Wildman–Crippen LogP) is 3.77. The number of hydrogen-bond donors (Lipinski definition) is 1. The molecule has 19 heavy (non-hydrogen) atoms. The van der Waals surface area contributed by atoms with Crippen LogP contribution in [0.2, 0.25) is 0 Å². The van der Waals surface area contributed by atoms with E-state index in [1.165, 1.54) is 5.69 Å². The van der Waals surface area contributed by atoms with E-state index in [0.717, 1.165) is 25.1 Å². The quantitative estimate of drug-likeness (QED) is 0.811. The summed E-state index contributed by atoms with van der Waals surface area (Å²) < 4.78 is 0. The minimum Gasteiger partial charge on any atom is -0.368 e. The fraction of sp³-hybridized carbons (Fsp3) is 0.688. The van der Waals surface area contributed by atoms with E-state index < -0.39 is 0 Å². The summed E-state index contributed by atoms with van der Waals surface area (Å²) in [5.74, 6) is 0. The van der Waals surface area contributed by atoms with Crippen LogP contribution in [0.1, 0.15) is 59.2 Å². The van der Waals surface area contributed by atoms with Crippen molar-refractivity contribution in [3.63, 3.8) is 0 Å². The van der Waals surface area contributed by atoms with Crippen LogP contribution < -0.4 is 10.2 Å². The number of aromatic nitrogens is 1. The lowest BCUT2D eigenvalue weighted by molar-refractivity contribution is 0.470. The molecule has 1 atom stereocenters. The number of pyridine rings is 1. The largest absolute Gasteiger partial charge is 0.368 e. The Balaban J connectivity index is 2.76. The van der Waals surface area contributed by atoms with Crippen LogP contribution in [-0.2, 0) is 0 Å². The molecule has 0 radical (unpaired) electrons. The highest BCUT2D eigenvalue weighted by atomic mass is 15.2. The first-order chi connectivity index (χ1) is 8.92. The van der Waals surface area contributed by atoms with E-state index >= 15 is 0 Å². The van der Waals surface area contributed by atoms with Gasteiger partial charge in [0, 0.05) is 18.6 Å². The Kier molecular flexibility index (Phi) is 5.80. The molecule has 1 aromatic heterocycles. The lowest BCUT2D eigenvalue weighted by Crippen LogP contribution is -2.40. The maximum absolute atomic E-state index is 4.60. The number of anilines is 1. The Morgan fingerprint density at radius 1 is 1.32 bits per heavy atom. The topological polar surface area (TPSA) is 28.2 Å². The zero-order valence-electron chi connectivity index (χ0n) is 13.3. The zero-order chi connectivity index (χ0) is 14.5. The summed E-state index contributed by atoms with van der Waals surface area (Å²) in [6.45, 7) is 12.1. The summed E-state index contributed by atoms with van der Waals surface area (Å²) >= 11 is 0. The van der Waals surface area contributed by atoms with Crippen molar-refractivity contribution in [2.24, 2.45) is 0 Å². The predicted molar refractivity (Wildman–Crippen MR) is 83.7 cm³/mol. The van der Waals surface area contributed by atoms with Gasteiger partial charge in [0.2, 0.25) is 0 Å². The molecule has 0 aliphatic rings. The van der Waals surface area contributed by atoms with Gasteiger partial charge in [-0.1, -0.05) is 13.8 Å². The van der Waals surface area contributed by atoms with E-state index in [1.807, 2.05) is 6.20 Å². The smallest absolute Gasteiger partial charge is 0.0572 e. The first-order valence-corrected chi connectivity index (χ1v) is 7.35. The molecule has 1 rings (SSSR count). The highest BCUT2D eigenvalue weighted by Gasteiger charge is 2.21. The van der Waals surface area contributed by atoms with Crippen molar-refractivity contribution in [3.05, 3.63) is 24.0 Å². The zero-order valence-corrected chi connectivity index (χ0v) is 13.3. The minimum atomic E-state index is 0.162. The summed E-state index contributed by atoms with van der Waals surface area (Å²) in [6, 6.07) is 4.62. The maximum atomic E-state index is 4.60. The Labute approximate surface area is 118 Å². The lowest BCUT2D eigenvalue weighted by atomic mass is 9.99. The Morgan fingerprint density at radius 2 is 2.00 bits per heavy atom. The number of nitrogens with zero attached hydrogens (tertiary/aromatic N) is 2. The average molecular weight is 263 g/mol. The molecule has 0 amide bonds. The molecule has 0 aliphatic heterocycles. The molecule has 0 fully saturated rings. The van der Waals surface area contributed by atoms with Gasteiger partial charge >= 0.3 is 0 Å².